The minimum atomic E-state index is -2.96. The summed E-state index contributed by atoms with van der Waals surface area (Å²) in [7, 11) is 1.93. The van der Waals surface area contributed by atoms with Gasteiger partial charge >= 0.3 is 0 Å². The molecule has 0 saturated heterocycles. The number of pyridine rings is 2. The van der Waals surface area contributed by atoms with Gasteiger partial charge in [0.05, 0.1) is 29.8 Å². The highest BCUT2D eigenvalue weighted by Crippen LogP contribution is 2.36. The molecule has 1 amide bonds. The Morgan fingerprint density at radius 2 is 2.00 bits per heavy atom. The van der Waals surface area contributed by atoms with Crippen LogP contribution in [0.4, 0.5) is 26.0 Å². The fraction of sp³-hybridized carbons (Fsp3) is 0.417. The largest absolute Gasteiger partial charge is 0.366 e. The van der Waals surface area contributed by atoms with Gasteiger partial charge in [-0.15, -0.1) is 0 Å². The van der Waals surface area contributed by atoms with Crippen LogP contribution in [-0.2, 0) is 23.8 Å². The van der Waals surface area contributed by atoms with Crippen LogP contribution in [0, 0.1) is 12.8 Å². The monoisotopic (exact) mass is 469 g/mol. The molecule has 34 heavy (non-hydrogen) atoms. The highest BCUT2D eigenvalue weighted by atomic mass is 19.3. The van der Waals surface area contributed by atoms with Gasteiger partial charge in [0.15, 0.2) is 0 Å². The molecule has 1 aliphatic rings. The Balaban J connectivity index is 1.43. The van der Waals surface area contributed by atoms with Gasteiger partial charge in [-0.2, -0.15) is 13.9 Å². The van der Waals surface area contributed by atoms with Crippen molar-refractivity contribution in [3.8, 4) is 0 Å². The molecule has 0 saturated carbocycles. The van der Waals surface area contributed by atoms with Crippen LogP contribution >= 0.6 is 0 Å². The third kappa shape index (κ3) is 4.85. The number of anilines is 3. The minimum Gasteiger partial charge on any atom is -0.366 e. The number of likely N-dealkylation sites (N-methyl/N-ethyl adjacent to an activating group) is 1. The maximum Gasteiger partial charge on any atom is 0.286 e. The molecule has 1 atom stereocenters. The van der Waals surface area contributed by atoms with Crippen LogP contribution in [0.5, 0.6) is 0 Å². The lowest BCUT2D eigenvalue weighted by atomic mass is 9.98. The molecule has 1 aliphatic heterocycles. The first-order valence-electron chi connectivity index (χ1n) is 11.2. The maximum absolute atomic E-state index is 13.3. The lowest BCUT2D eigenvalue weighted by Crippen LogP contribution is -2.49. The number of carbonyl (C=O) groups excluding carboxylic acids is 1. The molecule has 0 unspecified atom stereocenters. The zero-order valence-electron chi connectivity index (χ0n) is 19.9. The summed E-state index contributed by atoms with van der Waals surface area (Å²) in [5.41, 5.74) is 3.89. The minimum absolute atomic E-state index is 0.0173. The fourth-order valence-corrected chi connectivity index (χ4v) is 4.19. The summed E-state index contributed by atoms with van der Waals surface area (Å²) >= 11 is 0. The molecule has 0 spiro atoms. The van der Waals surface area contributed by atoms with Gasteiger partial charge in [-0.3, -0.25) is 14.5 Å². The van der Waals surface area contributed by atoms with Crippen LogP contribution in [0.3, 0.4) is 0 Å². The second kappa shape index (κ2) is 9.00. The number of amides is 1. The third-order valence-electron chi connectivity index (χ3n) is 5.90. The van der Waals surface area contributed by atoms with Gasteiger partial charge in [0, 0.05) is 44.5 Å². The summed E-state index contributed by atoms with van der Waals surface area (Å²) < 4.78 is 28.4. The van der Waals surface area contributed by atoms with Crippen LogP contribution in [0.1, 0.15) is 43.3 Å². The van der Waals surface area contributed by atoms with Gasteiger partial charge in [0.25, 0.3) is 5.92 Å². The molecule has 0 fully saturated rings. The van der Waals surface area contributed by atoms with Gasteiger partial charge in [-0.05, 0) is 24.5 Å². The van der Waals surface area contributed by atoms with Crippen LogP contribution in [0.15, 0.2) is 36.8 Å². The first-order valence-corrected chi connectivity index (χ1v) is 11.2. The molecular weight excluding hydrogens is 440 g/mol. The number of rotatable bonds is 7. The Morgan fingerprint density at radius 3 is 2.65 bits per heavy atom. The van der Waals surface area contributed by atoms with Gasteiger partial charge in [0.1, 0.15) is 17.6 Å². The quantitative estimate of drug-likeness (QED) is 0.540. The van der Waals surface area contributed by atoms with Crippen LogP contribution in [-0.4, -0.2) is 38.7 Å². The van der Waals surface area contributed by atoms with E-state index in [2.05, 4.69) is 25.7 Å². The summed E-state index contributed by atoms with van der Waals surface area (Å²) in [5, 5.41) is 10.7. The van der Waals surface area contributed by atoms with E-state index in [9.17, 15) is 13.6 Å². The van der Waals surface area contributed by atoms with E-state index in [1.807, 2.05) is 45.0 Å². The molecule has 180 valence electrons. The number of aryl methyl sites for hydroxylation is 1. The molecular formula is C24H29F2N7O. The average molecular weight is 470 g/mol. The molecule has 0 bridgehead atoms. The van der Waals surface area contributed by atoms with E-state index in [0.29, 0.717) is 18.9 Å². The van der Waals surface area contributed by atoms with Crippen molar-refractivity contribution in [2.75, 3.05) is 22.6 Å². The van der Waals surface area contributed by atoms with E-state index in [4.69, 9.17) is 0 Å². The third-order valence-corrected chi connectivity index (χ3v) is 5.90. The second-order valence-corrected chi connectivity index (χ2v) is 9.12. The summed E-state index contributed by atoms with van der Waals surface area (Å²) in [6.45, 7) is 7.70. The van der Waals surface area contributed by atoms with E-state index in [1.165, 1.54) is 12.3 Å². The number of aromatic nitrogens is 4. The molecule has 4 heterocycles. The second-order valence-electron chi connectivity index (χ2n) is 9.12. The summed E-state index contributed by atoms with van der Waals surface area (Å²) in [6, 6.07) is 4.68. The Morgan fingerprint density at radius 1 is 1.24 bits per heavy atom. The van der Waals surface area contributed by atoms with Crippen molar-refractivity contribution in [2.24, 2.45) is 5.92 Å². The summed E-state index contributed by atoms with van der Waals surface area (Å²) in [4.78, 5) is 23.0. The smallest absolute Gasteiger partial charge is 0.286 e. The maximum atomic E-state index is 13.3. The fourth-order valence-electron chi connectivity index (χ4n) is 4.19. The number of alkyl halides is 2. The standard InChI is InChI=1S/C24H29F2N7O/c1-14(2)22-23(34)31-21-15(3)30-20(8-18(21)32(22)5)28-10-17-11-29-33(13-17)12-16-6-7-19(27-9-16)24(4,25)26/h6-9,11,13-14,22H,10,12H2,1-5H3,(H,28,30)(H,31,34)/t22-/m0/s1. The van der Waals surface area contributed by atoms with Gasteiger partial charge in [0.2, 0.25) is 5.91 Å². The van der Waals surface area contributed by atoms with Crippen LogP contribution < -0.4 is 15.5 Å². The zero-order valence-corrected chi connectivity index (χ0v) is 19.9. The Hall–Kier alpha value is -3.56. The van der Waals surface area contributed by atoms with E-state index < -0.39 is 5.92 Å². The Labute approximate surface area is 197 Å². The zero-order chi connectivity index (χ0) is 24.6. The van der Waals surface area contributed by atoms with Gasteiger partial charge < -0.3 is 15.5 Å². The number of halogens is 2. The van der Waals surface area contributed by atoms with Crippen molar-refractivity contribution >= 4 is 23.1 Å². The van der Waals surface area contributed by atoms with E-state index >= 15 is 0 Å². The summed E-state index contributed by atoms with van der Waals surface area (Å²) in [6.07, 6.45) is 5.09. The molecule has 0 radical (unpaired) electrons. The number of hydrogen-bond donors (Lipinski definition) is 2. The first-order chi connectivity index (χ1) is 16.0. The number of nitrogens with one attached hydrogen (secondary N) is 2. The number of carbonyl (C=O) groups is 1. The van der Waals surface area contributed by atoms with Crippen molar-refractivity contribution in [1.82, 2.24) is 19.7 Å². The Bertz CT molecular complexity index is 1190. The van der Waals surface area contributed by atoms with Crippen molar-refractivity contribution in [3.05, 3.63) is 59.3 Å². The molecule has 2 N–H and O–H groups in total. The Kier molecular flexibility index (Phi) is 6.24. The topological polar surface area (TPSA) is 88.0 Å². The van der Waals surface area contributed by atoms with Gasteiger partial charge in [-0.25, -0.2) is 4.98 Å². The molecule has 0 aromatic carbocycles. The van der Waals surface area contributed by atoms with Gasteiger partial charge in [-0.1, -0.05) is 19.9 Å². The number of fused-ring (bicyclic) bond motifs is 1. The molecule has 0 aliphatic carbocycles. The van der Waals surface area contributed by atoms with Crippen molar-refractivity contribution < 1.29 is 13.6 Å². The van der Waals surface area contributed by atoms with Crippen molar-refractivity contribution in [1.29, 1.82) is 0 Å². The predicted octanol–water partition coefficient (Wildman–Crippen LogP) is 4.17. The molecule has 3 aromatic heterocycles. The lowest BCUT2D eigenvalue weighted by Gasteiger charge is -2.38. The van der Waals surface area contributed by atoms with Crippen LogP contribution in [0.2, 0.25) is 0 Å². The molecule has 10 heteroatoms. The van der Waals surface area contributed by atoms with E-state index in [1.54, 1.807) is 16.9 Å². The predicted molar refractivity (Wildman–Crippen MR) is 127 cm³/mol. The normalized spacial score (nSPS) is 15.9. The molecule has 3 aromatic rings. The highest BCUT2D eigenvalue weighted by Gasteiger charge is 2.34. The molecule has 4 rings (SSSR count). The summed E-state index contributed by atoms with van der Waals surface area (Å²) in [5.74, 6) is -2.10. The molecule has 8 nitrogen and oxygen atoms in total. The van der Waals surface area contributed by atoms with Crippen molar-refractivity contribution in [2.45, 2.75) is 52.7 Å². The lowest BCUT2D eigenvalue weighted by molar-refractivity contribution is -0.118. The van der Waals surface area contributed by atoms with E-state index in [-0.39, 0.29) is 23.6 Å². The number of nitrogens with zero attached hydrogens (tertiary/aromatic N) is 5. The highest BCUT2D eigenvalue weighted by molar-refractivity contribution is 6.04. The SMILES string of the molecule is Cc1nc(NCc2cnn(Cc3ccc(C(C)(F)F)nc3)c2)cc2c1NC(=O)[C@H](C(C)C)N2C. The van der Waals surface area contributed by atoms with E-state index in [0.717, 1.165) is 35.1 Å². The van der Waals surface area contributed by atoms with Crippen molar-refractivity contribution in [3.63, 3.8) is 0 Å². The first kappa shape index (κ1) is 23.6. The number of hydrogen-bond acceptors (Lipinski definition) is 6. The average Bonchev–Trinajstić information content (AvgIpc) is 3.20. The van der Waals surface area contributed by atoms with Crippen LogP contribution in [0.25, 0.3) is 0 Å².